The number of nitrogens with zero attached hydrogens (tertiary/aromatic N) is 1. The Labute approximate surface area is 123 Å². The van der Waals surface area contributed by atoms with Crippen LogP contribution in [0.25, 0.3) is 10.9 Å². The summed E-state index contributed by atoms with van der Waals surface area (Å²) in [7, 11) is 0. The van der Waals surface area contributed by atoms with Crippen molar-refractivity contribution in [1.29, 1.82) is 0 Å². The molecule has 0 bridgehead atoms. The molecule has 0 fully saturated rings. The molecule has 1 unspecified atom stereocenters. The molecule has 1 aliphatic rings. The molecule has 3 N–H and O–H groups in total. The smallest absolute Gasteiger partial charge is 0.0743 e. The predicted molar refractivity (Wildman–Crippen MR) is 87.5 cm³/mol. The zero-order chi connectivity index (χ0) is 14.2. The van der Waals surface area contributed by atoms with Gasteiger partial charge in [0.15, 0.2) is 0 Å². The number of nitrogens with two attached hydrogens (primary N) is 1. The van der Waals surface area contributed by atoms with Crippen LogP contribution in [-0.2, 0) is 6.42 Å². The SMILES string of the molecule is Nc1ccc2c(NCC3Cc4ccccc43)ccnc2c1. The van der Waals surface area contributed by atoms with Gasteiger partial charge in [-0.15, -0.1) is 0 Å². The summed E-state index contributed by atoms with van der Waals surface area (Å²) < 4.78 is 0. The first kappa shape index (κ1) is 12.2. The van der Waals surface area contributed by atoms with E-state index in [2.05, 4.69) is 34.6 Å². The zero-order valence-corrected chi connectivity index (χ0v) is 11.7. The Bertz CT molecular complexity index is 810. The maximum Gasteiger partial charge on any atom is 0.0743 e. The Morgan fingerprint density at radius 3 is 2.95 bits per heavy atom. The molecule has 4 rings (SSSR count). The molecule has 0 amide bonds. The Morgan fingerprint density at radius 1 is 1.14 bits per heavy atom. The topological polar surface area (TPSA) is 50.9 Å². The lowest BCUT2D eigenvalue weighted by Crippen LogP contribution is -2.24. The molecular formula is C18H17N3. The van der Waals surface area contributed by atoms with E-state index in [1.54, 1.807) is 0 Å². The fourth-order valence-electron chi connectivity index (χ4n) is 3.10. The summed E-state index contributed by atoms with van der Waals surface area (Å²) in [6.07, 6.45) is 3.00. The lowest BCUT2D eigenvalue weighted by Gasteiger charge is -2.30. The summed E-state index contributed by atoms with van der Waals surface area (Å²) in [5.41, 5.74) is 11.6. The van der Waals surface area contributed by atoms with E-state index in [4.69, 9.17) is 5.73 Å². The van der Waals surface area contributed by atoms with E-state index in [9.17, 15) is 0 Å². The van der Waals surface area contributed by atoms with Crippen LogP contribution in [0.5, 0.6) is 0 Å². The van der Waals surface area contributed by atoms with Crippen molar-refractivity contribution in [3.63, 3.8) is 0 Å². The van der Waals surface area contributed by atoms with Crippen LogP contribution in [-0.4, -0.2) is 11.5 Å². The number of hydrogen-bond donors (Lipinski definition) is 2. The van der Waals surface area contributed by atoms with Crippen molar-refractivity contribution < 1.29 is 0 Å². The lowest BCUT2D eigenvalue weighted by atomic mass is 9.77. The third kappa shape index (κ3) is 2.11. The van der Waals surface area contributed by atoms with Crippen LogP contribution in [0.3, 0.4) is 0 Å². The van der Waals surface area contributed by atoms with E-state index < -0.39 is 0 Å². The van der Waals surface area contributed by atoms with Crippen LogP contribution in [0.4, 0.5) is 11.4 Å². The van der Waals surface area contributed by atoms with E-state index >= 15 is 0 Å². The molecule has 1 aromatic heterocycles. The van der Waals surface area contributed by atoms with Crippen LogP contribution in [0.2, 0.25) is 0 Å². The molecule has 0 saturated heterocycles. The van der Waals surface area contributed by atoms with E-state index in [0.29, 0.717) is 5.92 Å². The van der Waals surface area contributed by atoms with Crippen molar-refractivity contribution in [2.45, 2.75) is 12.3 Å². The fourth-order valence-corrected chi connectivity index (χ4v) is 3.10. The first-order valence-electron chi connectivity index (χ1n) is 7.27. The number of aromatic nitrogens is 1. The van der Waals surface area contributed by atoms with E-state index in [0.717, 1.165) is 28.8 Å². The summed E-state index contributed by atoms with van der Waals surface area (Å²) in [6.45, 7) is 0.959. The van der Waals surface area contributed by atoms with E-state index in [1.807, 2.05) is 30.5 Å². The lowest BCUT2D eigenvalue weighted by molar-refractivity contribution is 0.636. The first-order chi connectivity index (χ1) is 10.3. The molecule has 21 heavy (non-hydrogen) atoms. The van der Waals surface area contributed by atoms with Crippen LogP contribution in [0.1, 0.15) is 17.0 Å². The number of nitrogens with one attached hydrogen (secondary N) is 1. The zero-order valence-electron chi connectivity index (χ0n) is 11.7. The van der Waals surface area contributed by atoms with Gasteiger partial charge in [-0.2, -0.15) is 0 Å². The average Bonchev–Trinajstić information content (AvgIpc) is 2.48. The molecule has 3 heteroatoms. The molecule has 0 saturated carbocycles. The number of hydrogen-bond acceptors (Lipinski definition) is 3. The van der Waals surface area contributed by atoms with Gasteiger partial charge in [-0.1, -0.05) is 24.3 Å². The third-order valence-electron chi connectivity index (χ3n) is 4.27. The molecule has 3 nitrogen and oxygen atoms in total. The molecule has 3 aromatic rings. The van der Waals surface area contributed by atoms with Gasteiger partial charge in [0, 0.05) is 35.4 Å². The quantitative estimate of drug-likeness (QED) is 0.718. The summed E-state index contributed by atoms with van der Waals surface area (Å²) in [4.78, 5) is 4.38. The number of anilines is 2. The minimum absolute atomic E-state index is 0.609. The van der Waals surface area contributed by atoms with Crippen molar-refractivity contribution in [2.24, 2.45) is 0 Å². The largest absolute Gasteiger partial charge is 0.399 e. The van der Waals surface area contributed by atoms with Gasteiger partial charge < -0.3 is 11.1 Å². The van der Waals surface area contributed by atoms with Crippen LogP contribution in [0.15, 0.2) is 54.7 Å². The molecule has 2 aromatic carbocycles. The van der Waals surface area contributed by atoms with E-state index in [-0.39, 0.29) is 0 Å². The van der Waals surface area contributed by atoms with Crippen molar-refractivity contribution >= 4 is 22.3 Å². The molecular weight excluding hydrogens is 258 g/mol. The second-order valence-electron chi connectivity index (χ2n) is 5.62. The first-order valence-corrected chi connectivity index (χ1v) is 7.27. The number of nitrogen functional groups attached to an aromatic ring is 1. The van der Waals surface area contributed by atoms with Crippen LogP contribution < -0.4 is 11.1 Å². The highest BCUT2D eigenvalue weighted by Crippen LogP contribution is 2.35. The summed E-state index contributed by atoms with van der Waals surface area (Å²) in [5, 5.41) is 4.69. The van der Waals surface area contributed by atoms with Gasteiger partial charge >= 0.3 is 0 Å². The molecule has 0 spiro atoms. The summed E-state index contributed by atoms with van der Waals surface area (Å²) >= 11 is 0. The second-order valence-corrected chi connectivity index (χ2v) is 5.62. The van der Waals surface area contributed by atoms with Gasteiger partial charge in [-0.3, -0.25) is 4.98 Å². The van der Waals surface area contributed by atoms with Crippen molar-refractivity contribution in [1.82, 2.24) is 4.98 Å². The molecule has 1 aliphatic carbocycles. The van der Waals surface area contributed by atoms with Gasteiger partial charge in [0.05, 0.1) is 5.52 Å². The number of pyridine rings is 1. The van der Waals surface area contributed by atoms with Crippen LogP contribution >= 0.6 is 0 Å². The monoisotopic (exact) mass is 275 g/mol. The molecule has 1 atom stereocenters. The van der Waals surface area contributed by atoms with Crippen molar-refractivity contribution in [2.75, 3.05) is 17.6 Å². The van der Waals surface area contributed by atoms with E-state index in [1.165, 1.54) is 17.5 Å². The van der Waals surface area contributed by atoms with Gasteiger partial charge in [-0.05, 0) is 41.8 Å². The van der Waals surface area contributed by atoms with Crippen molar-refractivity contribution in [3.8, 4) is 0 Å². The van der Waals surface area contributed by atoms with Gasteiger partial charge in [0.1, 0.15) is 0 Å². The Hall–Kier alpha value is -2.55. The highest BCUT2D eigenvalue weighted by atomic mass is 14.9. The minimum Gasteiger partial charge on any atom is -0.399 e. The average molecular weight is 275 g/mol. The Morgan fingerprint density at radius 2 is 2.05 bits per heavy atom. The molecule has 0 radical (unpaired) electrons. The maximum absolute atomic E-state index is 5.82. The highest BCUT2D eigenvalue weighted by Gasteiger charge is 2.24. The van der Waals surface area contributed by atoms with Crippen molar-refractivity contribution in [3.05, 3.63) is 65.9 Å². The standard InChI is InChI=1S/C18H17N3/c19-14-5-6-16-17(7-8-20-18(16)10-14)21-11-13-9-12-3-1-2-4-15(12)13/h1-8,10,13H,9,11,19H2,(H,20,21). The highest BCUT2D eigenvalue weighted by molar-refractivity contribution is 5.92. The van der Waals surface area contributed by atoms with Crippen LogP contribution in [0, 0.1) is 0 Å². The van der Waals surface area contributed by atoms with Gasteiger partial charge in [0.2, 0.25) is 0 Å². The third-order valence-corrected chi connectivity index (χ3v) is 4.27. The number of rotatable bonds is 3. The Balaban J connectivity index is 1.56. The van der Waals surface area contributed by atoms with Gasteiger partial charge in [0.25, 0.3) is 0 Å². The summed E-state index contributed by atoms with van der Waals surface area (Å²) in [5.74, 6) is 0.609. The second kappa shape index (κ2) is 4.77. The number of benzene rings is 2. The Kier molecular flexibility index (Phi) is 2.78. The van der Waals surface area contributed by atoms with Gasteiger partial charge in [-0.25, -0.2) is 0 Å². The molecule has 0 aliphatic heterocycles. The molecule has 1 heterocycles. The fraction of sp³-hybridized carbons (Fsp3) is 0.167. The molecule has 104 valence electrons. The maximum atomic E-state index is 5.82. The summed E-state index contributed by atoms with van der Waals surface area (Å²) in [6, 6.07) is 16.6. The number of fused-ring (bicyclic) bond motifs is 2. The minimum atomic E-state index is 0.609. The predicted octanol–water partition coefficient (Wildman–Crippen LogP) is 3.57. The normalized spacial score (nSPS) is 16.3.